The van der Waals surface area contributed by atoms with Gasteiger partial charge in [-0.25, -0.2) is 0 Å². The van der Waals surface area contributed by atoms with E-state index in [1.54, 1.807) is 7.11 Å². The lowest BCUT2D eigenvalue weighted by molar-refractivity contribution is 0.00782. The summed E-state index contributed by atoms with van der Waals surface area (Å²) in [6.07, 6.45) is 0.967. The Bertz CT molecular complexity index is 379. The minimum atomic E-state index is -0.0968. The van der Waals surface area contributed by atoms with Crippen molar-refractivity contribution in [3.63, 3.8) is 0 Å². The van der Waals surface area contributed by atoms with Crippen LogP contribution >= 0.6 is 11.6 Å². The van der Waals surface area contributed by atoms with Gasteiger partial charge in [0.1, 0.15) is 0 Å². The van der Waals surface area contributed by atoms with E-state index in [1.807, 2.05) is 18.2 Å². The monoisotopic (exact) mass is 269 g/mol. The SMILES string of the molecule is COC(C)(C)CC(C)N[C@@H](C)c1cccc(Cl)c1. The molecule has 0 spiro atoms. The van der Waals surface area contributed by atoms with E-state index >= 15 is 0 Å². The third-order valence-electron chi connectivity index (χ3n) is 3.23. The first-order valence-corrected chi connectivity index (χ1v) is 6.78. The molecule has 0 radical (unpaired) electrons. The number of hydrogen-bond acceptors (Lipinski definition) is 2. The van der Waals surface area contributed by atoms with Crippen molar-refractivity contribution in [1.29, 1.82) is 0 Å². The largest absolute Gasteiger partial charge is 0.379 e. The topological polar surface area (TPSA) is 21.3 Å². The van der Waals surface area contributed by atoms with Gasteiger partial charge in [-0.2, -0.15) is 0 Å². The fraction of sp³-hybridized carbons (Fsp3) is 0.600. The second-order valence-electron chi connectivity index (χ2n) is 5.51. The Morgan fingerprint density at radius 3 is 2.56 bits per heavy atom. The molecule has 0 aromatic heterocycles. The minimum absolute atomic E-state index is 0.0968. The second kappa shape index (κ2) is 6.55. The fourth-order valence-corrected chi connectivity index (χ4v) is 2.38. The van der Waals surface area contributed by atoms with Crippen LogP contribution in [0.25, 0.3) is 0 Å². The smallest absolute Gasteiger partial charge is 0.0637 e. The number of nitrogens with one attached hydrogen (secondary N) is 1. The van der Waals surface area contributed by atoms with Gasteiger partial charge in [-0.3, -0.25) is 0 Å². The van der Waals surface area contributed by atoms with Crippen LogP contribution < -0.4 is 5.32 Å². The summed E-state index contributed by atoms with van der Waals surface area (Å²) in [5.41, 5.74) is 1.12. The van der Waals surface area contributed by atoms with Crippen molar-refractivity contribution in [1.82, 2.24) is 5.32 Å². The molecule has 0 fully saturated rings. The van der Waals surface area contributed by atoms with E-state index in [0.29, 0.717) is 6.04 Å². The number of benzene rings is 1. The van der Waals surface area contributed by atoms with Crippen molar-refractivity contribution in [2.45, 2.75) is 51.8 Å². The van der Waals surface area contributed by atoms with Gasteiger partial charge >= 0.3 is 0 Å². The van der Waals surface area contributed by atoms with Crippen LogP contribution in [0.1, 0.15) is 45.7 Å². The molecule has 1 unspecified atom stereocenters. The molecule has 2 atom stereocenters. The van der Waals surface area contributed by atoms with Gasteiger partial charge in [-0.1, -0.05) is 23.7 Å². The van der Waals surface area contributed by atoms with E-state index in [0.717, 1.165) is 11.4 Å². The Hall–Kier alpha value is -0.570. The third kappa shape index (κ3) is 4.97. The summed E-state index contributed by atoms with van der Waals surface area (Å²) in [5, 5.41) is 4.36. The van der Waals surface area contributed by atoms with Crippen molar-refractivity contribution < 1.29 is 4.74 Å². The zero-order valence-corrected chi connectivity index (χ0v) is 12.7. The van der Waals surface area contributed by atoms with Crippen LogP contribution in [0.5, 0.6) is 0 Å². The molecule has 0 amide bonds. The van der Waals surface area contributed by atoms with Crippen molar-refractivity contribution in [2.75, 3.05) is 7.11 Å². The molecule has 0 aliphatic rings. The Balaban J connectivity index is 2.57. The zero-order valence-electron chi connectivity index (χ0n) is 12.0. The lowest BCUT2D eigenvalue weighted by Gasteiger charge is -2.29. The minimum Gasteiger partial charge on any atom is -0.379 e. The lowest BCUT2D eigenvalue weighted by Crippen LogP contribution is -2.36. The Kier molecular flexibility index (Phi) is 5.64. The average molecular weight is 270 g/mol. The maximum atomic E-state index is 6.01. The fourth-order valence-electron chi connectivity index (χ4n) is 2.18. The van der Waals surface area contributed by atoms with Crippen molar-refractivity contribution >= 4 is 11.6 Å². The standard InChI is InChI=1S/C15H24ClNO/c1-11(10-15(3,4)18-5)17-12(2)13-7-6-8-14(16)9-13/h6-9,11-12,17H,10H2,1-5H3/t11?,12-/m0/s1. The van der Waals surface area contributed by atoms with Crippen LogP contribution in [0.3, 0.4) is 0 Å². The van der Waals surface area contributed by atoms with Crippen LogP contribution in [0.15, 0.2) is 24.3 Å². The summed E-state index contributed by atoms with van der Waals surface area (Å²) >= 11 is 6.01. The highest BCUT2D eigenvalue weighted by atomic mass is 35.5. The highest BCUT2D eigenvalue weighted by Crippen LogP contribution is 2.20. The first-order chi connectivity index (χ1) is 8.34. The summed E-state index contributed by atoms with van der Waals surface area (Å²) in [4.78, 5) is 0. The molecule has 0 aliphatic heterocycles. The van der Waals surface area contributed by atoms with E-state index in [-0.39, 0.29) is 11.6 Å². The predicted octanol–water partition coefficient (Wildman–Crippen LogP) is 4.19. The van der Waals surface area contributed by atoms with Gasteiger partial charge in [0.25, 0.3) is 0 Å². The van der Waals surface area contributed by atoms with E-state index in [9.17, 15) is 0 Å². The van der Waals surface area contributed by atoms with Gasteiger partial charge in [0.2, 0.25) is 0 Å². The molecule has 0 bridgehead atoms. The molecule has 1 rings (SSSR count). The molecule has 0 saturated carbocycles. The molecule has 1 aromatic rings. The number of rotatable bonds is 6. The van der Waals surface area contributed by atoms with Crippen LogP contribution in [-0.2, 0) is 4.74 Å². The molecular weight excluding hydrogens is 246 g/mol. The van der Waals surface area contributed by atoms with Gasteiger partial charge in [-0.05, 0) is 51.8 Å². The summed E-state index contributed by atoms with van der Waals surface area (Å²) in [7, 11) is 1.76. The first-order valence-electron chi connectivity index (χ1n) is 6.41. The molecule has 1 aromatic carbocycles. The highest BCUT2D eigenvalue weighted by Gasteiger charge is 2.21. The Morgan fingerprint density at radius 2 is 2.00 bits per heavy atom. The summed E-state index contributed by atoms with van der Waals surface area (Å²) in [5.74, 6) is 0. The number of methoxy groups -OCH3 is 1. The number of halogens is 1. The molecule has 1 N–H and O–H groups in total. The maximum Gasteiger partial charge on any atom is 0.0637 e. The summed E-state index contributed by atoms with van der Waals surface area (Å²) in [6.45, 7) is 8.55. The van der Waals surface area contributed by atoms with Gasteiger partial charge in [-0.15, -0.1) is 0 Å². The van der Waals surface area contributed by atoms with E-state index in [2.05, 4.69) is 39.1 Å². The van der Waals surface area contributed by atoms with Gasteiger partial charge in [0, 0.05) is 24.2 Å². The summed E-state index contributed by atoms with van der Waals surface area (Å²) in [6, 6.07) is 8.65. The molecule has 3 heteroatoms. The van der Waals surface area contributed by atoms with Crippen molar-refractivity contribution in [3.8, 4) is 0 Å². The van der Waals surface area contributed by atoms with E-state index < -0.39 is 0 Å². The highest BCUT2D eigenvalue weighted by molar-refractivity contribution is 6.30. The van der Waals surface area contributed by atoms with E-state index in [1.165, 1.54) is 5.56 Å². The van der Waals surface area contributed by atoms with Crippen LogP contribution in [0.4, 0.5) is 0 Å². The maximum absolute atomic E-state index is 6.01. The van der Waals surface area contributed by atoms with Gasteiger partial charge in [0.15, 0.2) is 0 Å². The molecule has 0 heterocycles. The van der Waals surface area contributed by atoms with E-state index in [4.69, 9.17) is 16.3 Å². The quantitative estimate of drug-likeness (QED) is 0.836. The number of ether oxygens (including phenoxy) is 1. The molecule has 102 valence electrons. The predicted molar refractivity (Wildman–Crippen MR) is 78.2 cm³/mol. The van der Waals surface area contributed by atoms with Crippen LogP contribution in [0.2, 0.25) is 5.02 Å². The van der Waals surface area contributed by atoms with Crippen LogP contribution in [-0.4, -0.2) is 18.8 Å². The molecule has 0 aliphatic carbocycles. The van der Waals surface area contributed by atoms with Crippen molar-refractivity contribution in [2.24, 2.45) is 0 Å². The Morgan fingerprint density at radius 1 is 1.33 bits per heavy atom. The first kappa shape index (κ1) is 15.5. The number of hydrogen-bond donors (Lipinski definition) is 1. The normalized spacial score (nSPS) is 15.4. The zero-order chi connectivity index (χ0) is 13.8. The molecule has 18 heavy (non-hydrogen) atoms. The third-order valence-corrected chi connectivity index (χ3v) is 3.47. The molecule has 2 nitrogen and oxygen atoms in total. The lowest BCUT2D eigenvalue weighted by atomic mass is 9.98. The summed E-state index contributed by atoms with van der Waals surface area (Å²) < 4.78 is 5.45. The van der Waals surface area contributed by atoms with Crippen molar-refractivity contribution in [3.05, 3.63) is 34.9 Å². The van der Waals surface area contributed by atoms with Gasteiger partial charge < -0.3 is 10.1 Å². The molecule has 0 saturated heterocycles. The average Bonchev–Trinajstić information content (AvgIpc) is 2.28. The molecular formula is C15H24ClNO. The van der Waals surface area contributed by atoms with Gasteiger partial charge in [0.05, 0.1) is 5.60 Å². The van der Waals surface area contributed by atoms with Crippen LogP contribution in [0, 0.1) is 0 Å². The Labute approximate surface area is 116 Å². The second-order valence-corrected chi connectivity index (χ2v) is 5.95.